The summed E-state index contributed by atoms with van der Waals surface area (Å²) in [6.45, 7) is 2.26. The zero-order valence-electron chi connectivity index (χ0n) is 18.4. The van der Waals surface area contributed by atoms with E-state index < -0.39 is 0 Å². The molecule has 0 aliphatic heterocycles. The van der Waals surface area contributed by atoms with Gasteiger partial charge in [0.05, 0.1) is 5.69 Å². The van der Waals surface area contributed by atoms with Crippen LogP contribution in [0.4, 0.5) is 0 Å². The Morgan fingerprint density at radius 2 is 1.42 bits per heavy atom. The van der Waals surface area contributed by atoms with Gasteiger partial charge in [0.25, 0.3) is 0 Å². The topological polar surface area (TPSA) is 12.9 Å². The van der Waals surface area contributed by atoms with Gasteiger partial charge >= 0.3 is 0 Å². The molecule has 0 saturated carbocycles. The Balaban J connectivity index is 1.47. The molecule has 0 radical (unpaired) electrons. The summed E-state index contributed by atoms with van der Waals surface area (Å²) < 4.78 is 2.61. The zero-order chi connectivity index (χ0) is 22.2. The minimum Gasteiger partial charge on any atom is -0.256 e. The molecule has 0 bridgehead atoms. The van der Waals surface area contributed by atoms with Crippen LogP contribution in [0.25, 0.3) is 42.6 Å². The van der Waals surface area contributed by atoms with Crippen molar-refractivity contribution in [3.8, 4) is 22.4 Å². The van der Waals surface area contributed by atoms with E-state index in [4.69, 9.17) is 4.98 Å². The quantitative estimate of drug-likeness (QED) is 0.266. The van der Waals surface area contributed by atoms with E-state index >= 15 is 0 Å². The molecule has 0 amide bonds. The van der Waals surface area contributed by atoms with Gasteiger partial charge in [-0.1, -0.05) is 91.9 Å². The van der Waals surface area contributed by atoms with Crippen molar-refractivity contribution in [3.05, 3.63) is 127 Å². The van der Waals surface area contributed by atoms with Crippen LogP contribution in [0.15, 0.2) is 115 Å². The van der Waals surface area contributed by atoms with Gasteiger partial charge in [0.1, 0.15) is 0 Å². The Bertz CT molecular complexity index is 1570. The lowest BCUT2D eigenvalue weighted by Gasteiger charge is -2.13. The van der Waals surface area contributed by atoms with E-state index in [0.29, 0.717) is 5.92 Å². The molecule has 0 saturated heterocycles. The highest BCUT2D eigenvalue weighted by molar-refractivity contribution is 7.26. The first kappa shape index (κ1) is 19.9. The molecule has 6 aromatic rings. The van der Waals surface area contributed by atoms with Crippen molar-refractivity contribution in [3.63, 3.8) is 0 Å². The second kappa shape index (κ2) is 8.31. The first-order valence-electron chi connectivity index (χ1n) is 11.3. The molecule has 4 aromatic carbocycles. The highest BCUT2D eigenvalue weighted by Gasteiger charge is 2.14. The molecule has 0 aliphatic rings. The second-order valence-corrected chi connectivity index (χ2v) is 9.52. The lowest BCUT2D eigenvalue weighted by atomic mass is 9.92. The summed E-state index contributed by atoms with van der Waals surface area (Å²) in [5.41, 5.74) is 7.36. The van der Waals surface area contributed by atoms with E-state index in [-0.39, 0.29) is 0 Å². The maximum Gasteiger partial charge on any atom is 0.0719 e. The molecule has 1 nitrogen and oxygen atoms in total. The minimum atomic E-state index is 0.322. The highest BCUT2D eigenvalue weighted by Crippen LogP contribution is 2.41. The predicted molar refractivity (Wildman–Crippen MR) is 142 cm³/mol. The summed E-state index contributed by atoms with van der Waals surface area (Å²) in [6.07, 6.45) is 1.95. The normalized spacial score (nSPS) is 12.3. The number of nitrogens with zero attached hydrogens (tertiary/aromatic N) is 1. The fourth-order valence-corrected chi connectivity index (χ4v) is 5.81. The summed E-state index contributed by atoms with van der Waals surface area (Å²) >= 11 is 1.86. The summed E-state index contributed by atoms with van der Waals surface area (Å²) in [7, 11) is 0. The first-order chi connectivity index (χ1) is 16.3. The van der Waals surface area contributed by atoms with E-state index in [2.05, 4.69) is 116 Å². The standard InChI is InChI=1S/C31H23NS/c1-21(22-9-4-2-5-10-22)24-17-18-32-29(20-24)27-14-8-13-26-28-19-25(23-11-6-3-7-12-23)15-16-30(28)33-31(26)27/h2-21H,1H3. The highest BCUT2D eigenvalue weighted by atomic mass is 32.1. The fraction of sp³-hybridized carbons (Fsp3) is 0.0645. The zero-order valence-corrected chi connectivity index (χ0v) is 19.2. The van der Waals surface area contributed by atoms with Gasteiger partial charge in [0, 0.05) is 37.9 Å². The molecular weight excluding hydrogens is 418 g/mol. The lowest BCUT2D eigenvalue weighted by molar-refractivity contribution is 0.918. The molecule has 158 valence electrons. The van der Waals surface area contributed by atoms with Gasteiger partial charge in [-0.15, -0.1) is 11.3 Å². The number of hydrogen-bond acceptors (Lipinski definition) is 2. The van der Waals surface area contributed by atoms with E-state index in [0.717, 1.165) is 5.69 Å². The van der Waals surface area contributed by atoms with Crippen molar-refractivity contribution in [2.75, 3.05) is 0 Å². The van der Waals surface area contributed by atoms with Gasteiger partial charge in [0.15, 0.2) is 0 Å². The predicted octanol–water partition coefficient (Wildman–Crippen LogP) is 8.94. The number of hydrogen-bond donors (Lipinski definition) is 0. The van der Waals surface area contributed by atoms with Gasteiger partial charge in [0.2, 0.25) is 0 Å². The number of rotatable bonds is 4. The number of benzene rings is 4. The Morgan fingerprint density at radius 3 is 2.24 bits per heavy atom. The van der Waals surface area contributed by atoms with Crippen LogP contribution in [-0.2, 0) is 0 Å². The van der Waals surface area contributed by atoms with Crippen LogP contribution in [0.2, 0.25) is 0 Å². The van der Waals surface area contributed by atoms with E-state index in [1.165, 1.54) is 48.0 Å². The second-order valence-electron chi connectivity index (χ2n) is 8.47. The third-order valence-electron chi connectivity index (χ3n) is 6.46. The molecule has 6 rings (SSSR count). The molecular formula is C31H23NS. The van der Waals surface area contributed by atoms with Crippen molar-refractivity contribution in [2.45, 2.75) is 12.8 Å². The molecule has 2 heteroatoms. The van der Waals surface area contributed by atoms with Crippen LogP contribution in [0.5, 0.6) is 0 Å². The molecule has 0 fully saturated rings. The SMILES string of the molecule is CC(c1ccccc1)c1ccnc(-c2cccc3c2sc2ccc(-c4ccccc4)cc23)c1. The van der Waals surface area contributed by atoms with Crippen LogP contribution in [0.3, 0.4) is 0 Å². The number of thiophene rings is 1. The Morgan fingerprint density at radius 1 is 0.636 bits per heavy atom. The van der Waals surface area contributed by atoms with E-state index in [9.17, 15) is 0 Å². The van der Waals surface area contributed by atoms with Gasteiger partial charge in [-0.25, -0.2) is 0 Å². The maximum atomic E-state index is 4.78. The van der Waals surface area contributed by atoms with Crippen molar-refractivity contribution >= 4 is 31.5 Å². The van der Waals surface area contributed by atoms with Crippen molar-refractivity contribution in [2.24, 2.45) is 0 Å². The minimum absolute atomic E-state index is 0.322. The third-order valence-corrected chi connectivity index (χ3v) is 7.68. The molecule has 0 N–H and O–H groups in total. The van der Waals surface area contributed by atoms with Gasteiger partial charge in [-0.3, -0.25) is 4.98 Å². The molecule has 1 unspecified atom stereocenters. The summed E-state index contributed by atoms with van der Waals surface area (Å²) in [4.78, 5) is 4.78. The number of fused-ring (bicyclic) bond motifs is 3. The maximum absolute atomic E-state index is 4.78. The van der Waals surface area contributed by atoms with Crippen LogP contribution in [0.1, 0.15) is 24.0 Å². The average molecular weight is 442 g/mol. The van der Waals surface area contributed by atoms with Crippen LogP contribution >= 0.6 is 11.3 Å². The first-order valence-corrected chi connectivity index (χ1v) is 12.1. The molecule has 0 aliphatic carbocycles. The lowest BCUT2D eigenvalue weighted by Crippen LogP contribution is -1.97. The monoisotopic (exact) mass is 441 g/mol. The van der Waals surface area contributed by atoms with Crippen LogP contribution < -0.4 is 0 Å². The average Bonchev–Trinajstić information content (AvgIpc) is 3.27. The molecule has 2 heterocycles. The Labute approximate surface area is 198 Å². The van der Waals surface area contributed by atoms with E-state index in [1.807, 2.05) is 17.5 Å². The fourth-order valence-electron chi connectivity index (χ4n) is 4.61. The third kappa shape index (κ3) is 3.63. The molecule has 0 spiro atoms. The number of pyridine rings is 1. The largest absolute Gasteiger partial charge is 0.256 e. The van der Waals surface area contributed by atoms with Crippen LogP contribution in [0, 0.1) is 0 Å². The molecule has 33 heavy (non-hydrogen) atoms. The molecule has 2 aromatic heterocycles. The summed E-state index contributed by atoms with van der Waals surface area (Å²) in [5, 5.41) is 2.61. The van der Waals surface area contributed by atoms with Crippen molar-refractivity contribution < 1.29 is 0 Å². The van der Waals surface area contributed by atoms with Gasteiger partial charge in [-0.2, -0.15) is 0 Å². The number of aromatic nitrogens is 1. The summed E-state index contributed by atoms with van der Waals surface area (Å²) in [5.74, 6) is 0.322. The Hall–Kier alpha value is -3.75. The smallest absolute Gasteiger partial charge is 0.0719 e. The van der Waals surface area contributed by atoms with Crippen molar-refractivity contribution in [1.82, 2.24) is 4.98 Å². The van der Waals surface area contributed by atoms with Gasteiger partial charge < -0.3 is 0 Å². The van der Waals surface area contributed by atoms with Gasteiger partial charge in [-0.05, 0) is 46.5 Å². The summed E-state index contributed by atoms with van der Waals surface area (Å²) in [6, 6.07) is 39.1. The van der Waals surface area contributed by atoms with Crippen LogP contribution in [-0.4, -0.2) is 4.98 Å². The van der Waals surface area contributed by atoms with E-state index in [1.54, 1.807) is 0 Å². The molecule has 1 atom stereocenters. The Kier molecular flexibility index (Phi) is 5.01. The van der Waals surface area contributed by atoms with Crippen molar-refractivity contribution in [1.29, 1.82) is 0 Å².